The largest absolute Gasteiger partial charge is 0.497 e. The number of benzene rings is 1. The monoisotopic (exact) mass is 776 g/mol. The lowest BCUT2D eigenvalue weighted by Gasteiger charge is -2.38. The number of amides is 5. The summed E-state index contributed by atoms with van der Waals surface area (Å²) in [6, 6.07) is 1.58. The molecule has 1 fully saturated rings. The van der Waals surface area contributed by atoms with Gasteiger partial charge in [-0.2, -0.15) is 4.31 Å². The number of carbonyl (C=O) groups is 5. The van der Waals surface area contributed by atoms with Crippen LogP contribution in [0.4, 0.5) is 4.79 Å². The number of hydrogen-bond acceptors (Lipinski definition) is 8. The molecule has 0 bridgehead atoms. The van der Waals surface area contributed by atoms with Crippen molar-refractivity contribution in [1.29, 1.82) is 0 Å². The minimum Gasteiger partial charge on any atom is -0.497 e. The fourth-order valence-corrected chi connectivity index (χ4v) is 7.59. The lowest BCUT2D eigenvalue weighted by atomic mass is 9.84. The number of methoxy groups -OCH3 is 1. The molecule has 5 amide bonds. The number of hydrogen-bond donors (Lipinski definition) is 4. The number of urea groups is 1. The summed E-state index contributed by atoms with van der Waals surface area (Å²) < 4.78 is 33.2. The van der Waals surface area contributed by atoms with Crippen LogP contribution in [0.3, 0.4) is 0 Å². The number of nitrogens with zero attached hydrogens (tertiary/aromatic N) is 2. The first-order valence-corrected chi connectivity index (χ1v) is 20.2. The lowest BCUT2D eigenvalue weighted by Crippen LogP contribution is -2.62. The van der Waals surface area contributed by atoms with Crippen molar-refractivity contribution < 1.29 is 37.1 Å². The molecule has 1 unspecified atom stereocenters. The van der Waals surface area contributed by atoms with E-state index in [0.717, 1.165) is 6.42 Å². The van der Waals surface area contributed by atoms with E-state index in [1.807, 2.05) is 41.5 Å². The Morgan fingerprint density at radius 2 is 1.61 bits per heavy atom. The van der Waals surface area contributed by atoms with Gasteiger partial charge in [0.1, 0.15) is 17.8 Å². The number of rotatable bonds is 18. The molecule has 5 atom stereocenters. The molecule has 0 saturated carbocycles. The van der Waals surface area contributed by atoms with Crippen molar-refractivity contribution in [2.75, 3.05) is 33.8 Å². The zero-order chi connectivity index (χ0) is 41.2. The Morgan fingerprint density at radius 3 is 2.11 bits per heavy atom. The van der Waals surface area contributed by atoms with E-state index >= 15 is 0 Å². The molecule has 1 heterocycles. The standard InChI is InChI=1S/C39H64N6O8S/c1-13-15-16-29(32(46)35(48)40-22-14-2)41-34(47)31-28(25(3)4)21-23-45(31)36(49)33(39(8,9)10)43-37(50)42-30(38(5,6)7)24-44(11)54(51,52)27-19-17-26(53-12)18-20-27/h14,17-20,25,28-31,33H,2,13,15-16,21-24H2,1,3-12H3,(H,40,48)(H,41,47)(H2,42,43,50)/t28-,29?,30-,31+,33-/m1/s1. The molecule has 54 heavy (non-hydrogen) atoms. The predicted octanol–water partition coefficient (Wildman–Crippen LogP) is 3.86. The van der Waals surface area contributed by atoms with E-state index in [-0.39, 0.29) is 42.8 Å². The Kier molecular flexibility index (Phi) is 16.7. The van der Waals surface area contributed by atoms with Crippen molar-refractivity contribution in [3.8, 4) is 5.75 Å². The van der Waals surface area contributed by atoms with E-state index in [0.29, 0.717) is 18.6 Å². The van der Waals surface area contributed by atoms with Gasteiger partial charge in [0.15, 0.2) is 0 Å². The average molecular weight is 777 g/mol. The van der Waals surface area contributed by atoms with Crippen LogP contribution in [0, 0.1) is 22.7 Å². The van der Waals surface area contributed by atoms with E-state index in [2.05, 4.69) is 27.8 Å². The maximum absolute atomic E-state index is 14.5. The van der Waals surface area contributed by atoms with E-state index in [1.165, 1.54) is 41.6 Å². The fourth-order valence-electron chi connectivity index (χ4n) is 6.41. The Bertz CT molecular complexity index is 1580. The van der Waals surface area contributed by atoms with Crippen LogP contribution in [0.5, 0.6) is 5.75 Å². The van der Waals surface area contributed by atoms with Gasteiger partial charge in [-0.3, -0.25) is 19.2 Å². The highest BCUT2D eigenvalue weighted by molar-refractivity contribution is 7.89. The van der Waals surface area contributed by atoms with E-state index in [1.54, 1.807) is 32.9 Å². The van der Waals surface area contributed by atoms with Crippen molar-refractivity contribution >= 4 is 39.6 Å². The topological polar surface area (TPSA) is 183 Å². The van der Waals surface area contributed by atoms with Gasteiger partial charge in [0, 0.05) is 32.7 Å². The third-order valence-electron chi connectivity index (χ3n) is 9.91. The molecule has 0 aromatic heterocycles. The van der Waals surface area contributed by atoms with Crippen molar-refractivity contribution in [2.45, 2.75) is 117 Å². The number of sulfonamides is 1. The summed E-state index contributed by atoms with van der Waals surface area (Å²) in [5.74, 6) is -2.31. The molecule has 304 valence electrons. The third kappa shape index (κ3) is 12.3. The van der Waals surface area contributed by atoms with Crippen LogP contribution in [0.15, 0.2) is 41.8 Å². The number of ketones is 1. The molecule has 1 aliphatic heterocycles. The second kappa shape index (κ2) is 19.6. The normalized spacial score (nSPS) is 18.1. The molecule has 0 spiro atoms. The minimum atomic E-state index is -3.92. The SMILES string of the molecule is C=CCNC(=O)C(=O)C(CCCC)NC(=O)[C@@H]1[C@@H](C(C)C)CCN1C(=O)[C@@H](NC(=O)N[C@H](CN(C)S(=O)(=O)c1ccc(OC)cc1)C(C)(C)C)C(C)(C)C. The highest BCUT2D eigenvalue weighted by Crippen LogP contribution is 2.34. The Morgan fingerprint density at radius 1 is 1.00 bits per heavy atom. The molecule has 0 radical (unpaired) electrons. The molecule has 15 heteroatoms. The number of carbonyl (C=O) groups excluding carboxylic acids is 5. The first-order chi connectivity index (χ1) is 25.0. The van der Waals surface area contributed by atoms with Crippen molar-refractivity contribution in [1.82, 2.24) is 30.5 Å². The number of likely N-dealkylation sites (tertiary alicyclic amines) is 1. The van der Waals surface area contributed by atoms with E-state index < -0.39 is 74.6 Å². The van der Waals surface area contributed by atoms with Crippen LogP contribution in [0.2, 0.25) is 0 Å². The molecule has 1 aromatic rings. The molecule has 14 nitrogen and oxygen atoms in total. The van der Waals surface area contributed by atoms with Crippen LogP contribution >= 0.6 is 0 Å². The molecular formula is C39H64N6O8S. The highest BCUT2D eigenvalue weighted by Gasteiger charge is 2.48. The predicted molar refractivity (Wildman–Crippen MR) is 209 cm³/mol. The van der Waals surface area contributed by atoms with Crippen LogP contribution in [0.25, 0.3) is 0 Å². The maximum atomic E-state index is 14.5. The van der Waals surface area contributed by atoms with Crippen LogP contribution in [-0.2, 0) is 29.2 Å². The minimum absolute atomic E-state index is 0.00213. The fraction of sp³-hybridized carbons (Fsp3) is 0.667. The molecule has 1 aliphatic rings. The smallest absolute Gasteiger partial charge is 0.315 e. The van der Waals surface area contributed by atoms with Gasteiger partial charge < -0.3 is 30.9 Å². The van der Waals surface area contributed by atoms with Crippen molar-refractivity contribution in [3.63, 3.8) is 0 Å². The lowest BCUT2D eigenvalue weighted by molar-refractivity contribution is -0.144. The molecular weight excluding hydrogens is 713 g/mol. The summed E-state index contributed by atoms with van der Waals surface area (Å²) in [5.41, 5.74) is -1.40. The third-order valence-corrected chi connectivity index (χ3v) is 11.7. The Balaban J connectivity index is 2.36. The van der Waals surface area contributed by atoms with Crippen molar-refractivity contribution in [3.05, 3.63) is 36.9 Å². The summed E-state index contributed by atoms with van der Waals surface area (Å²) in [6.45, 7) is 20.8. The van der Waals surface area contributed by atoms with Crippen LogP contribution < -0.4 is 26.0 Å². The molecule has 4 N–H and O–H groups in total. The summed E-state index contributed by atoms with van der Waals surface area (Å²) in [6.07, 6.45) is 3.57. The van der Waals surface area contributed by atoms with Crippen molar-refractivity contribution in [2.24, 2.45) is 22.7 Å². The van der Waals surface area contributed by atoms with E-state index in [9.17, 15) is 32.4 Å². The zero-order valence-electron chi connectivity index (χ0n) is 34.1. The van der Waals surface area contributed by atoms with Gasteiger partial charge in [0.2, 0.25) is 27.6 Å². The van der Waals surface area contributed by atoms with Crippen LogP contribution in [-0.4, -0.2) is 105 Å². The number of likely N-dealkylation sites (N-methyl/N-ethyl adjacent to an activating group) is 1. The van der Waals surface area contributed by atoms with E-state index in [4.69, 9.17) is 4.74 Å². The molecule has 2 rings (SSSR count). The van der Waals surface area contributed by atoms with Gasteiger partial charge >= 0.3 is 6.03 Å². The van der Waals surface area contributed by atoms with Gasteiger partial charge in [-0.15, -0.1) is 6.58 Å². The number of ether oxygens (including phenoxy) is 1. The van der Waals surface area contributed by atoms with Gasteiger partial charge in [-0.1, -0.05) is 81.2 Å². The van der Waals surface area contributed by atoms with Gasteiger partial charge in [0.05, 0.1) is 18.0 Å². The second-order valence-corrected chi connectivity index (χ2v) is 18.6. The first-order valence-electron chi connectivity index (χ1n) is 18.7. The molecule has 1 aromatic carbocycles. The summed E-state index contributed by atoms with van der Waals surface area (Å²) in [4.78, 5) is 69.6. The Labute approximate surface area is 322 Å². The van der Waals surface area contributed by atoms with Gasteiger partial charge in [0.25, 0.3) is 5.91 Å². The van der Waals surface area contributed by atoms with Crippen LogP contribution in [0.1, 0.15) is 88.0 Å². The second-order valence-electron chi connectivity index (χ2n) is 16.5. The average Bonchev–Trinajstić information content (AvgIpc) is 3.55. The maximum Gasteiger partial charge on any atom is 0.315 e. The summed E-state index contributed by atoms with van der Waals surface area (Å²) in [7, 11) is -0.989. The van der Waals surface area contributed by atoms with Gasteiger partial charge in [-0.05, 0) is 59.8 Å². The first kappa shape index (κ1) is 46.2. The number of unbranched alkanes of at least 4 members (excludes halogenated alkanes) is 1. The highest BCUT2D eigenvalue weighted by atomic mass is 32.2. The van der Waals surface area contributed by atoms with Gasteiger partial charge in [-0.25, -0.2) is 13.2 Å². The summed E-state index contributed by atoms with van der Waals surface area (Å²) >= 11 is 0. The molecule has 0 aliphatic carbocycles. The number of Topliss-reactive ketones (excluding diaryl/α,β-unsaturated/α-hetero) is 1. The quantitative estimate of drug-likeness (QED) is 0.128. The number of nitrogens with one attached hydrogen (secondary N) is 4. The zero-order valence-corrected chi connectivity index (χ0v) is 34.9. The summed E-state index contributed by atoms with van der Waals surface area (Å²) in [5, 5.41) is 11.0. The Hall–Kier alpha value is -3.98. The molecule has 1 saturated heterocycles.